The van der Waals surface area contributed by atoms with Crippen LogP contribution in [0.15, 0.2) is 48.7 Å². The SMILES string of the molecule is COc1ccccc1C(=O)CSC(=S)Nc1ccccn1. The van der Waals surface area contributed by atoms with Crippen LogP contribution in [0.5, 0.6) is 5.75 Å². The Morgan fingerprint density at radius 2 is 2.05 bits per heavy atom. The zero-order valence-electron chi connectivity index (χ0n) is 11.4. The highest BCUT2D eigenvalue weighted by molar-refractivity contribution is 8.23. The summed E-state index contributed by atoms with van der Waals surface area (Å²) in [5.74, 6) is 1.47. The van der Waals surface area contributed by atoms with E-state index in [2.05, 4.69) is 10.3 Å². The molecule has 2 aromatic rings. The van der Waals surface area contributed by atoms with Crippen molar-refractivity contribution in [3.63, 3.8) is 0 Å². The van der Waals surface area contributed by atoms with Crippen molar-refractivity contribution in [3.8, 4) is 5.75 Å². The van der Waals surface area contributed by atoms with Crippen LogP contribution >= 0.6 is 24.0 Å². The number of carbonyl (C=O) groups is 1. The molecule has 0 saturated carbocycles. The maximum atomic E-state index is 12.2. The molecule has 2 rings (SSSR count). The zero-order valence-corrected chi connectivity index (χ0v) is 13.0. The summed E-state index contributed by atoms with van der Waals surface area (Å²) in [7, 11) is 1.55. The van der Waals surface area contributed by atoms with E-state index in [9.17, 15) is 4.79 Å². The first kappa shape index (κ1) is 15.5. The van der Waals surface area contributed by atoms with Gasteiger partial charge in [0.1, 0.15) is 15.9 Å². The molecule has 1 N–H and O–H groups in total. The van der Waals surface area contributed by atoms with Crippen LogP contribution in [0.4, 0.5) is 5.82 Å². The van der Waals surface area contributed by atoms with E-state index in [1.807, 2.05) is 30.3 Å². The van der Waals surface area contributed by atoms with Gasteiger partial charge in [-0.2, -0.15) is 0 Å². The minimum atomic E-state index is -0.0254. The summed E-state index contributed by atoms with van der Waals surface area (Å²) < 4.78 is 5.69. The number of pyridine rings is 1. The molecular weight excluding hydrogens is 304 g/mol. The average molecular weight is 318 g/mol. The second kappa shape index (κ2) is 7.75. The Morgan fingerprint density at radius 3 is 2.76 bits per heavy atom. The van der Waals surface area contributed by atoms with Crippen molar-refractivity contribution < 1.29 is 9.53 Å². The topological polar surface area (TPSA) is 51.2 Å². The molecule has 6 heteroatoms. The van der Waals surface area contributed by atoms with Crippen molar-refractivity contribution in [2.24, 2.45) is 0 Å². The lowest BCUT2D eigenvalue weighted by atomic mass is 10.1. The fourth-order valence-electron chi connectivity index (χ4n) is 1.66. The number of hydrogen-bond donors (Lipinski definition) is 1. The Labute approximate surface area is 132 Å². The molecule has 1 aromatic carbocycles. The van der Waals surface area contributed by atoms with Gasteiger partial charge in [-0.05, 0) is 24.3 Å². The molecule has 21 heavy (non-hydrogen) atoms. The summed E-state index contributed by atoms with van der Waals surface area (Å²) in [4.78, 5) is 16.3. The van der Waals surface area contributed by atoms with Gasteiger partial charge in [-0.25, -0.2) is 4.98 Å². The molecule has 1 aromatic heterocycles. The lowest BCUT2D eigenvalue weighted by Crippen LogP contribution is -2.11. The van der Waals surface area contributed by atoms with Crippen molar-refractivity contribution in [1.82, 2.24) is 4.98 Å². The summed E-state index contributed by atoms with van der Waals surface area (Å²) in [6, 6.07) is 12.7. The number of ketones is 1. The van der Waals surface area contributed by atoms with E-state index in [1.165, 1.54) is 11.8 Å². The third-order valence-electron chi connectivity index (χ3n) is 2.64. The van der Waals surface area contributed by atoms with E-state index in [1.54, 1.807) is 25.4 Å². The lowest BCUT2D eigenvalue weighted by molar-refractivity contribution is 0.102. The quantitative estimate of drug-likeness (QED) is 0.673. The number of rotatable bonds is 5. The van der Waals surface area contributed by atoms with Gasteiger partial charge in [0.25, 0.3) is 0 Å². The molecule has 108 valence electrons. The first-order chi connectivity index (χ1) is 10.2. The Bertz CT molecular complexity index is 633. The number of nitrogens with one attached hydrogen (secondary N) is 1. The van der Waals surface area contributed by atoms with Gasteiger partial charge in [-0.15, -0.1) is 0 Å². The highest BCUT2D eigenvalue weighted by Crippen LogP contribution is 2.20. The standard InChI is InChI=1S/C15H14N2O2S2/c1-19-13-7-3-2-6-11(13)12(18)10-21-15(20)17-14-8-4-5-9-16-14/h2-9H,10H2,1H3,(H,16,17,20). The number of nitrogens with zero attached hydrogens (tertiary/aromatic N) is 1. The van der Waals surface area contributed by atoms with E-state index < -0.39 is 0 Å². The third-order valence-corrected chi connectivity index (χ3v) is 3.86. The fourth-order valence-corrected chi connectivity index (χ4v) is 2.54. The van der Waals surface area contributed by atoms with Gasteiger partial charge in [-0.1, -0.05) is 42.2 Å². The van der Waals surface area contributed by atoms with Crippen molar-refractivity contribution in [3.05, 3.63) is 54.2 Å². The molecule has 0 atom stereocenters. The van der Waals surface area contributed by atoms with Crippen LogP contribution in [0.25, 0.3) is 0 Å². The summed E-state index contributed by atoms with van der Waals surface area (Å²) in [5.41, 5.74) is 0.563. The van der Waals surface area contributed by atoms with Crippen LogP contribution in [-0.4, -0.2) is 28.0 Å². The maximum Gasteiger partial charge on any atom is 0.176 e. The molecule has 1 heterocycles. The van der Waals surface area contributed by atoms with E-state index >= 15 is 0 Å². The van der Waals surface area contributed by atoms with Crippen LogP contribution in [-0.2, 0) is 0 Å². The molecule has 0 saturated heterocycles. The third kappa shape index (κ3) is 4.54. The molecule has 0 bridgehead atoms. The van der Waals surface area contributed by atoms with Crippen molar-refractivity contribution in [2.75, 3.05) is 18.2 Å². The largest absolute Gasteiger partial charge is 0.496 e. The number of aromatic nitrogens is 1. The van der Waals surface area contributed by atoms with E-state index in [0.717, 1.165) is 0 Å². The second-order valence-electron chi connectivity index (χ2n) is 4.04. The maximum absolute atomic E-state index is 12.2. The first-order valence-corrected chi connectivity index (χ1v) is 7.61. The number of thiocarbonyl (C=S) groups is 1. The molecule has 4 nitrogen and oxygen atoms in total. The van der Waals surface area contributed by atoms with E-state index in [0.29, 0.717) is 21.5 Å². The van der Waals surface area contributed by atoms with Crippen LogP contribution in [0.1, 0.15) is 10.4 Å². The molecule has 0 unspecified atom stereocenters. The predicted molar refractivity (Wildman–Crippen MR) is 90.2 cm³/mol. The lowest BCUT2D eigenvalue weighted by Gasteiger charge is -2.08. The zero-order chi connectivity index (χ0) is 15.1. The van der Waals surface area contributed by atoms with Gasteiger partial charge < -0.3 is 10.1 Å². The van der Waals surface area contributed by atoms with Gasteiger partial charge in [0.05, 0.1) is 18.4 Å². The number of benzene rings is 1. The van der Waals surface area contributed by atoms with Gasteiger partial charge in [-0.3, -0.25) is 4.79 Å². The molecule has 0 spiro atoms. The minimum absolute atomic E-state index is 0.0254. The number of para-hydroxylation sites is 1. The van der Waals surface area contributed by atoms with Crippen molar-refractivity contribution in [2.45, 2.75) is 0 Å². The summed E-state index contributed by atoms with van der Waals surface area (Å²) >= 11 is 6.46. The van der Waals surface area contributed by atoms with Crippen molar-refractivity contribution in [1.29, 1.82) is 0 Å². The number of anilines is 1. The Balaban J connectivity index is 1.90. The molecule has 0 radical (unpaired) electrons. The number of ether oxygens (including phenoxy) is 1. The number of methoxy groups -OCH3 is 1. The Kier molecular flexibility index (Phi) is 5.71. The molecular formula is C15H14N2O2S2. The Morgan fingerprint density at radius 1 is 1.29 bits per heavy atom. The molecule has 0 fully saturated rings. The second-order valence-corrected chi connectivity index (χ2v) is 5.69. The molecule has 0 aliphatic heterocycles. The van der Waals surface area contributed by atoms with E-state index in [4.69, 9.17) is 17.0 Å². The fraction of sp³-hybridized carbons (Fsp3) is 0.133. The molecule has 0 amide bonds. The van der Waals surface area contributed by atoms with Crippen molar-refractivity contribution >= 4 is 39.9 Å². The van der Waals surface area contributed by atoms with Gasteiger partial charge in [0, 0.05) is 6.20 Å². The monoisotopic (exact) mass is 318 g/mol. The van der Waals surface area contributed by atoms with Crippen LogP contribution in [0.2, 0.25) is 0 Å². The summed E-state index contributed by atoms with van der Waals surface area (Å²) in [6.07, 6.45) is 1.68. The minimum Gasteiger partial charge on any atom is -0.496 e. The van der Waals surface area contributed by atoms with Crippen LogP contribution in [0.3, 0.4) is 0 Å². The summed E-state index contributed by atoms with van der Waals surface area (Å²) in [5, 5.41) is 2.98. The van der Waals surface area contributed by atoms with Gasteiger partial charge >= 0.3 is 0 Å². The summed E-state index contributed by atoms with van der Waals surface area (Å²) in [6.45, 7) is 0. The smallest absolute Gasteiger partial charge is 0.176 e. The van der Waals surface area contributed by atoms with Crippen LogP contribution < -0.4 is 10.1 Å². The normalized spacial score (nSPS) is 9.95. The first-order valence-electron chi connectivity index (χ1n) is 6.21. The van der Waals surface area contributed by atoms with E-state index in [-0.39, 0.29) is 11.5 Å². The number of carbonyl (C=O) groups excluding carboxylic acids is 1. The Hall–Kier alpha value is -1.92. The number of Topliss-reactive ketones (excluding diaryl/α,β-unsaturated/α-hetero) is 1. The molecule has 0 aliphatic rings. The molecule has 0 aliphatic carbocycles. The number of thioether (sulfide) groups is 1. The van der Waals surface area contributed by atoms with Gasteiger partial charge in [0.2, 0.25) is 0 Å². The predicted octanol–water partition coefficient (Wildman–Crippen LogP) is 3.40. The highest BCUT2D eigenvalue weighted by Gasteiger charge is 2.12. The average Bonchev–Trinajstić information content (AvgIpc) is 2.53. The number of hydrogen-bond acceptors (Lipinski definition) is 5. The van der Waals surface area contributed by atoms with Gasteiger partial charge in [0.15, 0.2) is 5.78 Å². The highest BCUT2D eigenvalue weighted by atomic mass is 32.2. The van der Waals surface area contributed by atoms with Crippen LogP contribution in [0, 0.1) is 0 Å².